The van der Waals surface area contributed by atoms with Gasteiger partial charge in [-0.25, -0.2) is 0 Å². The maximum absolute atomic E-state index is 8.24. The van der Waals surface area contributed by atoms with Crippen LogP contribution in [-0.4, -0.2) is 10.2 Å². The van der Waals surface area contributed by atoms with Crippen molar-refractivity contribution in [2.75, 3.05) is 0 Å². The minimum absolute atomic E-state index is 0.410. The van der Waals surface area contributed by atoms with E-state index in [4.69, 9.17) is 5.26 Å². The summed E-state index contributed by atoms with van der Waals surface area (Å²) in [4.78, 5) is 0.590. The summed E-state index contributed by atoms with van der Waals surface area (Å²) >= 11 is 3.91. The van der Waals surface area contributed by atoms with Gasteiger partial charge in [-0.2, -0.15) is 10.4 Å². The van der Waals surface area contributed by atoms with Crippen LogP contribution in [0.25, 0.3) is 0 Å². The molecule has 0 atom stereocenters. The summed E-state index contributed by atoms with van der Waals surface area (Å²) in [5.41, 5.74) is 0.410. The van der Waals surface area contributed by atoms with E-state index in [1.165, 1.54) is 6.20 Å². The van der Waals surface area contributed by atoms with E-state index in [1.54, 1.807) is 0 Å². The Morgan fingerprint density at radius 2 is 2.62 bits per heavy atom. The molecule has 1 N–H and O–H groups in total. The van der Waals surface area contributed by atoms with Gasteiger partial charge in [0.05, 0.1) is 11.1 Å². The van der Waals surface area contributed by atoms with Crippen molar-refractivity contribution in [3.8, 4) is 6.07 Å². The third-order valence-corrected chi connectivity index (χ3v) is 1.07. The Morgan fingerprint density at radius 3 is 2.88 bits per heavy atom. The van der Waals surface area contributed by atoms with Crippen molar-refractivity contribution in [2.45, 2.75) is 4.90 Å². The molecule has 0 unspecified atom stereocenters. The molecule has 0 aliphatic carbocycles. The molecule has 0 radical (unpaired) electrons. The van der Waals surface area contributed by atoms with Gasteiger partial charge in [-0.15, -0.1) is 12.6 Å². The van der Waals surface area contributed by atoms with Gasteiger partial charge in [0, 0.05) is 0 Å². The lowest BCUT2D eigenvalue weighted by atomic mass is 10.5. The van der Waals surface area contributed by atoms with Crippen LogP contribution in [0.4, 0.5) is 0 Å². The van der Waals surface area contributed by atoms with Crippen LogP contribution in [0.2, 0.25) is 0 Å². The summed E-state index contributed by atoms with van der Waals surface area (Å²) in [6.45, 7) is 0. The molecule has 0 saturated heterocycles. The van der Waals surface area contributed by atoms with Crippen LogP contribution in [0.5, 0.6) is 0 Å². The number of rotatable bonds is 0. The average molecular weight is 125 g/mol. The van der Waals surface area contributed by atoms with Crippen LogP contribution < -0.4 is 0 Å². The molecular formula is C4H3N3S. The monoisotopic (exact) mass is 125 g/mol. The Balaban J connectivity index is 3.15. The van der Waals surface area contributed by atoms with E-state index in [1.807, 2.05) is 6.07 Å². The topological polar surface area (TPSA) is 52.5 Å². The number of hydrogen-bond donors (Lipinski definition) is 2. The fourth-order valence-corrected chi connectivity index (χ4v) is 0.520. The lowest BCUT2D eigenvalue weighted by molar-refractivity contribution is 1.07. The van der Waals surface area contributed by atoms with Crippen molar-refractivity contribution in [3.63, 3.8) is 0 Å². The first kappa shape index (κ1) is 5.19. The number of thiol groups is 1. The van der Waals surface area contributed by atoms with Crippen molar-refractivity contribution >= 4 is 12.6 Å². The van der Waals surface area contributed by atoms with Gasteiger partial charge in [-0.05, 0) is 0 Å². The van der Waals surface area contributed by atoms with E-state index in [9.17, 15) is 0 Å². The molecule has 0 fully saturated rings. The molecule has 0 aliphatic heterocycles. The molecule has 0 saturated carbocycles. The number of nitrogens with zero attached hydrogens (tertiary/aromatic N) is 2. The predicted molar refractivity (Wildman–Crippen MR) is 30.6 cm³/mol. The minimum Gasteiger partial charge on any atom is -0.267 e. The zero-order chi connectivity index (χ0) is 5.98. The van der Waals surface area contributed by atoms with Crippen LogP contribution >= 0.6 is 12.6 Å². The maximum Gasteiger partial charge on any atom is 0.148 e. The Kier molecular flexibility index (Phi) is 1.22. The first-order valence-corrected chi connectivity index (χ1v) is 2.41. The minimum atomic E-state index is 0.410. The molecule has 3 nitrogen and oxygen atoms in total. The average Bonchev–Trinajstić information content (AvgIpc) is 2.14. The zero-order valence-corrected chi connectivity index (χ0v) is 4.81. The lowest BCUT2D eigenvalue weighted by Crippen LogP contribution is -1.71. The van der Waals surface area contributed by atoms with E-state index < -0.39 is 0 Å². The fourth-order valence-electron chi connectivity index (χ4n) is 0.362. The lowest BCUT2D eigenvalue weighted by Gasteiger charge is -1.74. The van der Waals surface area contributed by atoms with Gasteiger partial charge in [-0.1, -0.05) is 0 Å². The smallest absolute Gasteiger partial charge is 0.148 e. The van der Waals surface area contributed by atoms with E-state index in [0.29, 0.717) is 10.6 Å². The Hall–Kier alpha value is -0.950. The Labute approximate surface area is 51.7 Å². The molecule has 0 aromatic carbocycles. The number of hydrogen-bond acceptors (Lipinski definition) is 3. The quantitative estimate of drug-likeness (QED) is 0.498. The Bertz CT molecular complexity index is 221. The second-order valence-electron chi connectivity index (χ2n) is 1.24. The molecule has 0 aliphatic rings. The van der Waals surface area contributed by atoms with Crippen molar-refractivity contribution in [3.05, 3.63) is 11.9 Å². The van der Waals surface area contributed by atoms with Crippen LogP contribution in [0.3, 0.4) is 0 Å². The van der Waals surface area contributed by atoms with Gasteiger partial charge < -0.3 is 0 Å². The number of nitriles is 1. The molecule has 0 amide bonds. The van der Waals surface area contributed by atoms with E-state index in [0.717, 1.165) is 0 Å². The summed E-state index contributed by atoms with van der Waals surface area (Å²) < 4.78 is 0. The second-order valence-corrected chi connectivity index (χ2v) is 1.72. The van der Waals surface area contributed by atoms with Crippen LogP contribution in [0, 0.1) is 11.3 Å². The molecule has 1 rings (SSSR count). The first-order chi connectivity index (χ1) is 3.84. The highest BCUT2D eigenvalue weighted by molar-refractivity contribution is 7.80. The van der Waals surface area contributed by atoms with Gasteiger partial charge >= 0.3 is 0 Å². The maximum atomic E-state index is 8.24. The summed E-state index contributed by atoms with van der Waals surface area (Å²) in [5, 5.41) is 14.3. The van der Waals surface area contributed by atoms with Gasteiger partial charge in [0.2, 0.25) is 0 Å². The van der Waals surface area contributed by atoms with Gasteiger partial charge in [-0.3, -0.25) is 5.10 Å². The first-order valence-electron chi connectivity index (χ1n) is 1.97. The summed E-state index contributed by atoms with van der Waals surface area (Å²) in [6.07, 6.45) is 1.49. The molecule has 1 heterocycles. The van der Waals surface area contributed by atoms with Gasteiger partial charge in [0.25, 0.3) is 0 Å². The highest BCUT2D eigenvalue weighted by Crippen LogP contribution is 2.05. The van der Waals surface area contributed by atoms with E-state index >= 15 is 0 Å². The van der Waals surface area contributed by atoms with Gasteiger partial charge in [0.1, 0.15) is 11.8 Å². The number of aromatic amines is 1. The van der Waals surface area contributed by atoms with Crippen molar-refractivity contribution in [1.29, 1.82) is 5.26 Å². The largest absolute Gasteiger partial charge is 0.267 e. The summed E-state index contributed by atoms with van der Waals surface area (Å²) in [6, 6.07) is 1.88. The van der Waals surface area contributed by atoms with E-state index in [2.05, 4.69) is 22.8 Å². The molecule has 8 heavy (non-hydrogen) atoms. The van der Waals surface area contributed by atoms with Crippen molar-refractivity contribution in [2.24, 2.45) is 0 Å². The standard InChI is InChI=1S/C4H3N3S/c5-1-3-4(8)2-6-7-3/h2,8H,(H,6,7). The normalized spacial score (nSPS) is 8.50. The summed E-state index contributed by atoms with van der Waals surface area (Å²) in [5.74, 6) is 0. The van der Waals surface area contributed by atoms with E-state index in [-0.39, 0.29) is 0 Å². The van der Waals surface area contributed by atoms with Gasteiger partial charge in [0.15, 0.2) is 0 Å². The van der Waals surface area contributed by atoms with Crippen LogP contribution in [0.1, 0.15) is 5.69 Å². The highest BCUT2D eigenvalue weighted by atomic mass is 32.1. The molecule has 1 aromatic heterocycles. The predicted octanol–water partition coefficient (Wildman–Crippen LogP) is 0.570. The van der Waals surface area contributed by atoms with Crippen LogP contribution in [0.15, 0.2) is 11.1 Å². The number of aromatic nitrogens is 2. The fraction of sp³-hybridized carbons (Fsp3) is 0. The highest BCUT2D eigenvalue weighted by Gasteiger charge is 1.94. The third-order valence-electron chi connectivity index (χ3n) is 0.731. The van der Waals surface area contributed by atoms with Crippen molar-refractivity contribution < 1.29 is 0 Å². The number of H-pyrrole nitrogens is 1. The molecule has 40 valence electrons. The Morgan fingerprint density at radius 1 is 1.88 bits per heavy atom. The summed E-state index contributed by atoms with van der Waals surface area (Å²) in [7, 11) is 0. The van der Waals surface area contributed by atoms with Crippen molar-refractivity contribution in [1.82, 2.24) is 10.2 Å². The zero-order valence-electron chi connectivity index (χ0n) is 3.92. The third kappa shape index (κ3) is 0.678. The molecule has 4 heteroatoms. The molecule has 0 spiro atoms. The second kappa shape index (κ2) is 1.88. The molecule has 0 bridgehead atoms. The molecular weight excluding hydrogens is 122 g/mol. The number of nitrogens with one attached hydrogen (secondary N) is 1. The SMILES string of the molecule is N#Cc1[nH]ncc1S. The van der Waals surface area contributed by atoms with Crippen LogP contribution in [-0.2, 0) is 0 Å². The molecule has 1 aromatic rings.